The molecule has 0 saturated heterocycles. The van der Waals surface area contributed by atoms with Gasteiger partial charge in [0, 0.05) is 37.9 Å². The second-order valence-corrected chi connectivity index (χ2v) is 6.27. The van der Waals surface area contributed by atoms with Gasteiger partial charge in [-0.15, -0.1) is 0 Å². The van der Waals surface area contributed by atoms with Gasteiger partial charge in [0.25, 0.3) is 0 Å². The zero-order valence-corrected chi connectivity index (χ0v) is 14.4. The third kappa shape index (κ3) is 4.07. The molecule has 7 heteroatoms. The van der Waals surface area contributed by atoms with Crippen molar-refractivity contribution in [2.75, 3.05) is 26.7 Å². The van der Waals surface area contributed by atoms with E-state index >= 15 is 0 Å². The molecule has 2 aromatic rings. The molecule has 3 rings (SSSR count). The van der Waals surface area contributed by atoms with E-state index in [1.54, 1.807) is 13.2 Å². The van der Waals surface area contributed by atoms with E-state index in [4.69, 9.17) is 16.3 Å². The number of benzene rings is 1. The highest BCUT2D eigenvalue weighted by molar-refractivity contribution is 6.30. The van der Waals surface area contributed by atoms with Crippen LogP contribution in [0.3, 0.4) is 0 Å². The van der Waals surface area contributed by atoms with E-state index in [2.05, 4.69) is 15.3 Å². The van der Waals surface area contributed by atoms with Gasteiger partial charge >= 0.3 is 0 Å². The molecule has 1 amide bonds. The number of aromatic nitrogens is 2. The van der Waals surface area contributed by atoms with Gasteiger partial charge in [-0.2, -0.15) is 5.10 Å². The Hall–Kier alpha value is -2.05. The molecule has 24 heavy (non-hydrogen) atoms. The summed E-state index contributed by atoms with van der Waals surface area (Å²) in [6, 6.07) is 9.41. The smallest absolute Gasteiger partial charge is 0.221 e. The van der Waals surface area contributed by atoms with Gasteiger partial charge in [-0.3, -0.25) is 14.4 Å². The van der Waals surface area contributed by atoms with Gasteiger partial charge in [0.1, 0.15) is 12.4 Å². The molecule has 6 nitrogen and oxygen atoms in total. The van der Waals surface area contributed by atoms with Crippen LogP contribution in [0.1, 0.15) is 18.2 Å². The summed E-state index contributed by atoms with van der Waals surface area (Å²) in [7, 11) is 1.66. The molecular formula is C17H21ClN4O2. The van der Waals surface area contributed by atoms with Gasteiger partial charge in [0.2, 0.25) is 5.91 Å². The van der Waals surface area contributed by atoms with Crippen LogP contribution in [0.25, 0.3) is 0 Å². The van der Waals surface area contributed by atoms with Crippen molar-refractivity contribution in [3.63, 3.8) is 0 Å². The van der Waals surface area contributed by atoms with Crippen molar-refractivity contribution in [1.29, 1.82) is 0 Å². The molecule has 0 fully saturated rings. The molecule has 1 aromatic carbocycles. The first-order valence-electron chi connectivity index (χ1n) is 7.99. The first kappa shape index (κ1) is 16.8. The molecule has 0 bridgehead atoms. The highest BCUT2D eigenvalue weighted by Crippen LogP contribution is 2.23. The van der Waals surface area contributed by atoms with Crippen molar-refractivity contribution >= 4 is 17.5 Å². The van der Waals surface area contributed by atoms with Crippen molar-refractivity contribution in [1.82, 2.24) is 20.0 Å². The van der Waals surface area contributed by atoms with Crippen molar-refractivity contribution in [3.05, 3.63) is 47.2 Å². The van der Waals surface area contributed by atoms with E-state index < -0.39 is 0 Å². The number of hydrogen-bond acceptors (Lipinski definition) is 4. The van der Waals surface area contributed by atoms with Crippen molar-refractivity contribution in [2.24, 2.45) is 0 Å². The molecular weight excluding hydrogens is 328 g/mol. The van der Waals surface area contributed by atoms with Crippen LogP contribution in [0.2, 0.25) is 5.02 Å². The van der Waals surface area contributed by atoms with Crippen LogP contribution in [0.15, 0.2) is 36.5 Å². The van der Waals surface area contributed by atoms with E-state index in [0.29, 0.717) is 18.1 Å². The van der Waals surface area contributed by atoms with Crippen LogP contribution in [-0.4, -0.2) is 47.3 Å². The van der Waals surface area contributed by atoms with Gasteiger partial charge in [-0.25, -0.2) is 0 Å². The zero-order valence-electron chi connectivity index (χ0n) is 13.6. The monoisotopic (exact) mass is 348 g/mol. The van der Waals surface area contributed by atoms with Crippen LogP contribution in [0.4, 0.5) is 0 Å². The van der Waals surface area contributed by atoms with Crippen LogP contribution < -0.4 is 10.1 Å². The van der Waals surface area contributed by atoms with Crippen LogP contribution in [-0.2, 0) is 11.3 Å². The van der Waals surface area contributed by atoms with Crippen molar-refractivity contribution in [2.45, 2.75) is 19.0 Å². The number of nitrogens with one attached hydrogen (secondary N) is 1. The Balaban J connectivity index is 1.56. The van der Waals surface area contributed by atoms with Crippen LogP contribution >= 0.6 is 11.6 Å². The molecule has 1 aliphatic heterocycles. The minimum Gasteiger partial charge on any atom is -0.492 e. The summed E-state index contributed by atoms with van der Waals surface area (Å²) in [5.41, 5.74) is 1.13. The molecule has 0 spiro atoms. The topological polar surface area (TPSA) is 59.4 Å². The van der Waals surface area contributed by atoms with Crippen molar-refractivity contribution in [3.8, 4) is 5.75 Å². The minimum atomic E-state index is 0.0284. The fraction of sp³-hybridized carbons (Fsp3) is 0.412. The lowest BCUT2D eigenvalue weighted by Crippen LogP contribution is -2.41. The normalized spacial score (nSPS) is 17.3. The Morgan fingerprint density at radius 1 is 1.38 bits per heavy atom. The average molecular weight is 349 g/mol. The fourth-order valence-electron chi connectivity index (χ4n) is 2.93. The van der Waals surface area contributed by atoms with Gasteiger partial charge in [-0.05, 0) is 30.3 Å². The molecule has 1 aromatic heterocycles. The molecule has 0 radical (unpaired) electrons. The second kappa shape index (κ2) is 7.68. The molecule has 128 valence electrons. The summed E-state index contributed by atoms with van der Waals surface area (Å²) in [6.07, 6.45) is 2.22. The number of ether oxygens (including phenoxy) is 1. The van der Waals surface area contributed by atoms with Gasteiger partial charge in [-0.1, -0.05) is 11.6 Å². The Bertz CT molecular complexity index is 686. The predicted octanol–water partition coefficient (Wildman–Crippen LogP) is 2.11. The summed E-state index contributed by atoms with van der Waals surface area (Å²) in [5, 5.41) is 7.75. The summed E-state index contributed by atoms with van der Waals surface area (Å²) in [5.74, 6) is 0.837. The standard InChI is InChI=1S/C17H21ClN4O2/c1-19-17(23)10-15-12-21(11-14-6-7-20-22(14)15)8-9-24-16-4-2-13(18)3-5-16/h2-7,15H,8-12H2,1H3,(H,19,23)/t15-/m0/s1. The molecule has 1 N–H and O–H groups in total. The lowest BCUT2D eigenvalue weighted by Gasteiger charge is -2.33. The number of halogens is 1. The number of fused-ring (bicyclic) bond motifs is 1. The SMILES string of the molecule is CNC(=O)C[C@H]1CN(CCOc2ccc(Cl)cc2)Cc2ccnn21. The first-order chi connectivity index (χ1) is 11.7. The van der Waals surface area contributed by atoms with Gasteiger partial charge in [0.15, 0.2) is 0 Å². The van der Waals surface area contributed by atoms with E-state index in [-0.39, 0.29) is 11.9 Å². The third-order valence-electron chi connectivity index (χ3n) is 4.14. The quantitative estimate of drug-likeness (QED) is 0.868. The molecule has 1 aliphatic rings. The molecule has 0 unspecified atom stereocenters. The van der Waals surface area contributed by atoms with Gasteiger partial charge in [0.05, 0.1) is 18.2 Å². The van der Waals surface area contributed by atoms with Crippen molar-refractivity contribution < 1.29 is 9.53 Å². The first-order valence-corrected chi connectivity index (χ1v) is 8.37. The lowest BCUT2D eigenvalue weighted by atomic mass is 10.1. The molecule has 1 atom stereocenters. The Morgan fingerprint density at radius 3 is 2.92 bits per heavy atom. The summed E-state index contributed by atoms with van der Waals surface area (Å²) >= 11 is 5.87. The predicted molar refractivity (Wildman–Crippen MR) is 92.2 cm³/mol. The van der Waals surface area contributed by atoms with Gasteiger partial charge < -0.3 is 10.1 Å². The summed E-state index contributed by atoms with van der Waals surface area (Å²) in [4.78, 5) is 14.0. The number of carbonyl (C=O) groups excluding carboxylic acids is 1. The maximum absolute atomic E-state index is 11.7. The fourth-order valence-corrected chi connectivity index (χ4v) is 3.05. The van der Waals surface area contributed by atoms with E-state index in [0.717, 1.165) is 31.1 Å². The zero-order chi connectivity index (χ0) is 16.9. The Labute approximate surface area is 146 Å². The number of rotatable bonds is 6. The molecule has 0 saturated carbocycles. The average Bonchev–Trinajstić information content (AvgIpc) is 3.05. The van der Waals surface area contributed by atoms with E-state index in [9.17, 15) is 4.79 Å². The number of amides is 1. The largest absolute Gasteiger partial charge is 0.492 e. The van der Waals surface area contributed by atoms with Crippen LogP contribution in [0.5, 0.6) is 5.75 Å². The number of hydrogen-bond donors (Lipinski definition) is 1. The maximum atomic E-state index is 11.7. The number of nitrogens with zero attached hydrogens (tertiary/aromatic N) is 3. The van der Waals surface area contributed by atoms with Crippen LogP contribution in [0, 0.1) is 0 Å². The number of carbonyl (C=O) groups is 1. The second-order valence-electron chi connectivity index (χ2n) is 5.84. The highest BCUT2D eigenvalue weighted by atomic mass is 35.5. The minimum absolute atomic E-state index is 0.0284. The van der Waals surface area contributed by atoms with E-state index in [1.807, 2.05) is 35.0 Å². The van der Waals surface area contributed by atoms with E-state index in [1.165, 1.54) is 0 Å². The molecule has 2 heterocycles. The summed E-state index contributed by atoms with van der Waals surface area (Å²) in [6.45, 7) is 2.97. The Kier molecular flexibility index (Phi) is 5.37. The lowest BCUT2D eigenvalue weighted by molar-refractivity contribution is -0.121. The third-order valence-corrected chi connectivity index (χ3v) is 4.39. The summed E-state index contributed by atoms with van der Waals surface area (Å²) < 4.78 is 7.73. The highest BCUT2D eigenvalue weighted by Gasteiger charge is 2.26. The maximum Gasteiger partial charge on any atom is 0.221 e. The Morgan fingerprint density at radius 2 is 2.17 bits per heavy atom. The molecule has 0 aliphatic carbocycles.